The summed E-state index contributed by atoms with van der Waals surface area (Å²) in [6.07, 6.45) is 1.64. The van der Waals surface area contributed by atoms with Gasteiger partial charge in [-0.15, -0.1) is 0 Å². The maximum Gasteiger partial charge on any atom is 0.272 e. The number of benzene rings is 1. The predicted molar refractivity (Wildman–Crippen MR) is 95.2 cm³/mol. The van der Waals surface area contributed by atoms with E-state index in [9.17, 15) is 18.0 Å². The summed E-state index contributed by atoms with van der Waals surface area (Å²) in [7, 11) is -2.38. The van der Waals surface area contributed by atoms with Gasteiger partial charge in [0.15, 0.2) is 5.75 Å². The number of sulfonamides is 1. The van der Waals surface area contributed by atoms with Crippen LogP contribution in [-0.2, 0) is 10.0 Å². The molecular weight excluding hydrogens is 368 g/mol. The van der Waals surface area contributed by atoms with E-state index in [4.69, 9.17) is 16.3 Å². The van der Waals surface area contributed by atoms with Crippen molar-refractivity contribution in [2.75, 3.05) is 19.0 Å². The summed E-state index contributed by atoms with van der Waals surface area (Å²) in [5, 5.41) is 2.94. The third-order valence-corrected chi connectivity index (χ3v) is 6.71. The van der Waals surface area contributed by atoms with Crippen LogP contribution in [0, 0.1) is 0 Å². The van der Waals surface area contributed by atoms with Crippen molar-refractivity contribution in [3.63, 3.8) is 0 Å². The van der Waals surface area contributed by atoms with E-state index in [-0.39, 0.29) is 33.1 Å². The van der Waals surface area contributed by atoms with Crippen LogP contribution in [0.5, 0.6) is 5.75 Å². The van der Waals surface area contributed by atoms with Gasteiger partial charge in [-0.3, -0.25) is 9.59 Å². The van der Waals surface area contributed by atoms with Gasteiger partial charge in [-0.2, -0.15) is 4.31 Å². The van der Waals surface area contributed by atoms with E-state index in [2.05, 4.69) is 5.32 Å². The number of nitrogens with one attached hydrogen (secondary N) is 1. The third-order valence-electron chi connectivity index (χ3n) is 4.37. The fourth-order valence-corrected chi connectivity index (χ4v) is 4.86. The Kier molecular flexibility index (Phi) is 4.61. The van der Waals surface area contributed by atoms with Gasteiger partial charge in [0.1, 0.15) is 5.69 Å². The first-order chi connectivity index (χ1) is 11.8. The van der Waals surface area contributed by atoms with Gasteiger partial charge in [0.05, 0.1) is 22.7 Å². The molecule has 0 spiro atoms. The Labute approximate surface area is 149 Å². The monoisotopic (exact) mass is 384 g/mol. The molecule has 7 nitrogen and oxygen atoms in total. The molecule has 1 aliphatic heterocycles. The predicted octanol–water partition coefficient (Wildman–Crippen LogP) is 1.86. The normalized spacial score (nSPS) is 18.6. The van der Waals surface area contributed by atoms with Crippen molar-refractivity contribution < 1.29 is 13.2 Å². The summed E-state index contributed by atoms with van der Waals surface area (Å²) >= 11 is 6.10. The second-order valence-electron chi connectivity index (χ2n) is 5.94. The molecule has 25 heavy (non-hydrogen) atoms. The lowest BCUT2D eigenvalue weighted by molar-refractivity contribution is 0.408. The maximum atomic E-state index is 12.8. The van der Waals surface area contributed by atoms with Gasteiger partial charge < -0.3 is 10.1 Å². The molecule has 0 radical (unpaired) electrons. The molecule has 0 aliphatic carbocycles. The van der Waals surface area contributed by atoms with Crippen molar-refractivity contribution in [1.82, 2.24) is 4.31 Å². The Balaban J connectivity index is 1.98. The van der Waals surface area contributed by atoms with E-state index in [1.165, 1.54) is 29.6 Å². The van der Waals surface area contributed by atoms with E-state index in [1.807, 2.05) is 6.92 Å². The Morgan fingerprint density at radius 2 is 2.00 bits per heavy atom. The van der Waals surface area contributed by atoms with Crippen LogP contribution in [0.3, 0.4) is 0 Å². The molecule has 2 aromatic rings. The lowest BCUT2D eigenvalue weighted by Crippen LogP contribution is -2.34. The number of anilines is 2. The van der Waals surface area contributed by atoms with Gasteiger partial charge in [-0.1, -0.05) is 11.6 Å². The molecule has 0 aromatic heterocycles. The highest BCUT2D eigenvalue weighted by Gasteiger charge is 2.33. The highest BCUT2D eigenvalue weighted by atomic mass is 35.5. The topological polar surface area (TPSA) is 92.8 Å². The first-order valence-corrected chi connectivity index (χ1v) is 9.55. The minimum Gasteiger partial charge on any atom is -0.491 e. The number of rotatable bonds is 5. The molecule has 134 valence electrons. The lowest BCUT2D eigenvalue weighted by Gasteiger charge is -2.21. The van der Waals surface area contributed by atoms with Crippen LogP contribution in [0.2, 0.25) is 5.02 Å². The number of hydrogen-bond donors (Lipinski definition) is 1. The van der Waals surface area contributed by atoms with Crippen LogP contribution in [0.25, 0.3) is 0 Å². The fourth-order valence-electron chi connectivity index (χ4n) is 2.97. The number of methoxy groups -OCH3 is 1. The summed E-state index contributed by atoms with van der Waals surface area (Å²) < 4.78 is 31.9. The van der Waals surface area contributed by atoms with Crippen LogP contribution >= 0.6 is 11.6 Å². The van der Waals surface area contributed by atoms with Crippen molar-refractivity contribution in [3.05, 3.63) is 43.7 Å². The number of halogens is 1. The molecule has 0 unspecified atom stereocenters. The van der Waals surface area contributed by atoms with Crippen molar-refractivity contribution in [3.8, 4) is 5.75 Å². The smallest absolute Gasteiger partial charge is 0.272 e. The quantitative estimate of drug-likeness (QED) is 0.791. The molecular formula is C16H17ClN2O5S. The van der Waals surface area contributed by atoms with Crippen LogP contribution < -0.4 is 20.9 Å². The molecule has 1 aliphatic rings. The average molecular weight is 385 g/mol. The zero-order valence-electron chi connectivity index (χ0n) is 13.7. The number of nitrogens with zero attached hydrogens (tertiary/aromatic N) is 1. The molecule has 1 fully saturated rings. The Morgan fingerprint density at radius 1 is 1.28 bits per heavy atom. The molecule has 0 amide bonds. The maximum absolute atomic E-state index is 12.8. The Bertz CT molecular complexity index is 995. The van der Waals surface area contributed by atoms with Crippen molar-refractivity contribution in [2.45, 2.75) is 30.7 Å². The van der Waals surface area contributed by atoms with Crippen molar-refractivity contribution in [2.24, 2.45) is 0 Å². The highest BCUT2D eigenvalue weighted by molar-refractivity contribution is 7.89. The minimum atomic E-state index is -3.66. The minimum absolute atomic E-state index is 0.0292. The zero-order chi connectivity index (χ0) is 18.4. The molecule has 2 aromatic carbocycles. The number of hydrogen-bond acceptors (Lipinski definition) is 6. The van der Waals surface area contributed by atoms with Crippen LogP contribution in [-0.4, -0.2) is 32.4 Å². The highest BCUT2D eigenvalue weighted by Crippen LogP contribution is 2.33. The fraction of sp³-hybridized carbons (Fsp3) is 0.375. The first kappa shape index (κ1) is 17.9. The van der Waals surface area contributed by atoms with Gasteiger partial charge in [-0.25, -0.2) is 8.42 Å². The number of ether oxygens (including phenoxy) is 1. The van der Waals surface area contributed by atoms with E-state index >= 15 is 0 Å². The van der Waals surface area contributed by atoms with Crippen molar-refractivity contribution >= 4 is 33.0 Å². The van der Waals surface area contributed by atoms with Crippen molar-refractivity contribution in [1.29, 1.82) is 0 Å². The first-order valence-electron chi connectivity index (χ1n) is 7.73. The van der Waals surface area contributed by atoms with Crippen LogP contribution in [0.1, 0.15) is 19.8 Å². The van der Waals surface area contributed by atoms with Crippen LogP contribution in [0.4, 0.5) is 11.4 Å². The molecule has 0 bridgehead atoms. The van der Waals surface area contributed by atoms with Gasteiger partial charge in [0.2, 0.25) is 10.0 Å². The molecule has 1 heterocycles. The second kappa shape index (κ2) is 6.44. The molecule has 1 saturated heterocycles. The van der Waals surface area contributed by atoms with E-state index in [0.29, 0.717) is 6.54 Å². The summed E-state index contributed by atoms with van der Waals surface area (Å²) in [4.78, 5) is 23.1. The Morgan fingerprint density at radius 3 is 2.60 bits per heavy atom. The Hall–Kier alpha value is -1.90. The zero-order valence-corrected chi connectivity index (χ0v) is 15.3. The molecule has 0 saturated carbocycles. The third kappa shape index (κ3) is 2.94. The summed E-state index contributed by atoms with van der Waals surface area (Å²) in [5.74, 6) is -0.0949. The standard InChI is InChI=1S/C16H17ClN2O5S/c1-9-4-3-7-19(9)25(22,23)10-5-6-11(17)12(8-10)18-13-14(20)15(21)16(13)24-2/h5-6,8-9,18H,3-4,7H2,1-2H3/t9-/m1/s1. The van der Waals surface area contributed by atoms with Gasteiger partial charge in [-0.05, 0) is 38.0 Å². The largest absolute Gasteiger partial charge is 0.491 e. The van der Waals surface area contributed by atoms with Gasteiger partial charge >= 0.3 is 0 Å². The van der Waals surface area contributed by atoms with E-state index < -0.39 is 20.9 Å². The van der Waals surface area contributed by atoms with Gasteiger partial charge in [0.25, 0.3) is 10.9 Å². The summed E-state index contributed by atoms with van der Waals surface area (Å²) in [5.41, 5.74) is -1.26. The molecule has 1 N–H and O–H groups in total. The summed E-state index contributed by atoms with van der Waals surface area (Å²) in [6.45, 7) is 2.34. The van der Waals surface area contributed by atoms with Crippen LogP contribution in [0.15, 0.2) is 32.7 Å². The van der Waals surface area contributed by atoms with E-state index in [1.54, 1.807) is 0 Å². The SMILES string of the molecule is COc1c(Nc2cc(S(=O)(=O)N3CCC[C@H]3C)ccc2Cl)c(=O)c1=O. The lowest BCUT2D eigenvalue weighted by atomic mass is 10.2. The molecule has 9 heteroatoms. The second-order valence-corrected chi connectivity index (χ2v) is 8.24. The average Bonchev–Trinajstić information content (AvgIpc) is 3.02. The molecule has 1 atom stereocenters. The summed E-state index contributed by atoms with van der Waals surface area (Å²) in [6, 6.07) is 4.16. The van der Waals surface area contributed by atoms with E-state index in [0.717, 1.165) is 12.8 Å². The van der Waals surface area contributed by atoms with Gasteiger partial charge in [0, 0.05) is 12.6 Å². The molecule has 3 rings (SSSR count).